The fourth-order valence-electron chi connectivity index (χ4n) is 1.48. The molecule has 0 heterocycles. The average molecular weight is 279 g/mol. The van der Waals surface area contributed by atoms with Crippen LogP contribution in [-0.4, -0.2) is 14.5 Å². The van der Waals surface area contributed by atoms with Crippen molar-refractivity contribution in [3.05, 3.63) is 23.8 Å². The maximum Gasteiger partial charge on any atom is 0.241 e. The monoisotopic (exact) mass is 279 g/mol. The van der Waals surface area contributed by atoms with Crippen LogP contribution >= 0.6 is 0 Å². The summed E-state index contributed by atoms with van der Waals surface area (Å²) in [6.07, 6.45) is 0.778. The summed E-state index contributed by atoms with van der Waals surface area (Å²) in [5, 5.41) is 4.91. The highest BCUT2D eigenvalue weighted by molar-refractivity contribution is 7.89. The zero-order valence-electron chi connectivity index (χ0n) is 10.1. The molecule has 0 aliphatic rings. The van der Waals surface area contributed by atoms with Crippen LogP contribution in [0.5, 0.6) is 5.75 Å². The molecule has 0 spiro atoms. The van der Waals surface area contributed by atoms with Crippen molar-refractivity contribution in [2.45, 2.75) is 37.7 Å². The Morgan fingerprint density at radius 3 is 2.28 bits per heavy atom. The number of benzene rings is 1. The summed E-state index contributed by atoms with van der Waals surface area (Å²) in [5.74, 6) is -2.62. The van der Waals surface area contributed by atoms with Gasteiger partial charge in [0.05, 0.1) is 6.10 Å². The standard InChI is InChI=1S/C11H15F2NO3S/c1-3-8(4-2)17-11-9(13)5-7(12)6-10(11)18(14,15)16/h5-6,8H,3-4H2,1-2H3,(H2,14,15,16). The van der Waals surface area contributed by atoms with E-state index in [9.17, 15) is 17.2 Å². The number of halogens is 2. The normalized spacial score (nSPS) is 11.9. The molecule has 1 aromatic carbocycles. The first-order chi connectivity index (χ1) is 8.29. The summed E-state index contributed by atoms with van der Waals surface area (Å²) in [6.45, 7) is 3.62. The quantitative estimate of drug-likeness (QED) is 0.898. The minimum atomic E-state index is -4.25. The van der Waals surface area contributed by atoms with Crippen LogP contribution in [0.4, 0.5) is 8.78 Å². The number of nitrogens with two attached hydrogens (primary N) is 1. The van der Waals surface area contributed by atoms with Crippen LogP contribution in [0, 0.1) is 11.6 Å². The number of hydrogen-bond donors (Lipinski definition) is 1. The predicted molar refractivity (Wildman–Crippen MR) is 62.7 cm³/mol. The van der Waals surface area contributed by atoms with Crippen molar-refractivity contribution in [2.75, 3.05) is 0 Å². The Hall–Kier alpha value is -1.21. The van der Waals surface area contributed by atoms with Crippen LogP contribution in [0.15, 0.2) is 17.0 Å². The maximum atomic E-state index is 13.6. The topological polar surface area (TPSA) is 69.4 Å². The van der Waals surface area contributed by atoms with E-state index in [2.05, 4.69) is 0 Å². The second-order valence-corrected chi connectivity index (χ2v) is 5.35. The lowest BCUT2D eigenvalue weighted by Crippen LogP contribution is -2.20. The van der Waals surface area contributed by atoms with Gasteiger partial charge in [-0.05, 0) is 18.9 Å². The third-order valence-corrected chi connectivity index (χ3v) is 3.39. The lowest BCUT2D eigenvalue weighted by Gasteiger charge is -2.18. The van der Waals surface area contributed by atoms with Gasteiger partial charge in [-0.15, -0.1) is 0 Å². The highest BCUT2D eigenvalue weighted by Gasteiger charge is 2.23. The summed E-state index contributed by atoms with van der Waals surface area (Å²) in [4.78, 5) is -0.674. The molecule has 4 nitrogen and oxygen atoms in total. The van der Waals surface area contributed by atoms with Crippen LogP contribution in [-0.2, 0) is 10.0 Å². The minimum absolute atomic E-state index is 0.356. The van der Waals surface area contributed by atoms with E-state index in [4.69, 9.17) is 9.88 Å². The van der Waals surface area contributed by atoms with E-state index in [1.807, 2.05) is 13.8 Å². The Balaban J connectivity index is 3.33. The Morgan fingerprint density at radius 1 is 1.28 bits per heavy atom. The van der Waals surface area contributed by atoms with Crippen molar-refractivity contribution >= 4 is 10.0 Å². The molecule has 7 heteroatoms. The van der Waals surface area contributed by atoms with Gasteiger partial charge >= 0.3 is 0 Å². The Kier molecular flexibility index (Phi) is 4.64. The molecule has 0 bridgehead atoms. The van der Waals surface area contributed by atoms with Crippen molar-refractivity contribution < 1.29 is 21.9 Å². The molecule has 0 aliphatic carbocycles. The van der Waals surface area contributed by atoms with E-state index in [1.165, 1.54) is 0 Å². The van der Waals surface area contributed by atoms with Crippen molar-refractivity contribution in [3.8, 4) is 5.75 Å². The molecule has 1 rings (SSSR count). The van der Waals surface area contributed by atoms with Gasteiger partial charge in [0, 0.05) is 6.07 Å². The first kappa shape index (κ1) is 14.8. The van der Waals surface area contributed by atoms with Gasteiger partial charge in [-0.1, -0.05) is 13.8 Å². The van der Waals surface area contributed by atoms with Crippen LogP contribution in [0.1, 0.15) is 26.7 Å². The van der Waals surface area contributed by atoms with Gasteiger partial charge in [-0.2, -0.15) is 0 Å². The van der Waals surface area contributed by atoms with Gasteiger partial charge in [0.25, 0.3) is 0 Å². The number of ether oxygens (including phenoxy) is 1. The zero-order chi connectivity index (χ0) is 13.9. The largest absolute Gasteiger partial charge is 0.486 e. The van der Waals surface area contributed by atoms with Crippen LogP contribution in [0.2, 0.25) is 0 Å². The molecule has 0 fully saturated rings. The second-order valence-electron chi connectivity index (χ2n) is 3.82. The predicted octanol–water partition coefficient (Wildman–Crippen LogP) is 2.18. The van der Waals surface area contributed by atoms with Crippen molar-refractivity contribution in [2.24, 2.45) is 5.14 Å². The maximum absolute atomic E-state index is 13.6. The molecule has 0 aliphatic heterocycles. The summed E-state index contributed by atoms with van der Waals surface area (Å²) < 4.78 is 54.4. The van der Waals surface area contributed by atoms with Crippen molar-refractivity contribution in [3.63, 3.8) is 0 Å². The van der Waals surface area contributed by atoms with Crippen LogP contribution < -0.4 is 9.88 Å². The molecule has 0 radical (unpaired) electrons. The fourth-order valence-corrected chi connectivity index (χ4v) is 2.17. The zero-order valence-corrected chi connectivity index (χ0v) is 10.9. The van der Waals surface area contributed by atoms with E-state index in [1.54, 1.807) is 0 Å². The highest BCUT2D eigenvalue weighted by Crippen LogP contribution is 2.29. The molecule has 0 aromatic heterocycles. The van der Waals surface area contributed by atoms with Gasteiger partial charge in [0.2, 0.25) is 10.0 Å². The molecule has 0 amide bonds. The first-order valence-electron chi connectivity index (χ1n) is 5.48. The van der Waals surface area contributed by atoms with Crippen LogP contribution in [0.25, 0.3) is 0 Å². The molecule has 1 aromatic rings. The Labute approximate surface area is 105 Å². The Morgan fingerprint density at radius 2 is 1.83 bits per heavy atom. The van der Waals surface area contributed by atoms with E-state index >= 15 is 0 Å². The lowest BCUT2D eigenvalue weighted by molar-refractivity contribution is 0.178. The lowest BCUT2D eigenvalue weighted by atomic mass is 10.2. The first-order valence-corrected chi connectivity index (χ1v) is 7.02. The van der Waals surface area contributed by atoms with Gasteiger partial charge in [0.1, 0.15) is 10.7 Å². The number of rotatable bonds is 5. The van der Waals surface area contributed by atoms with Gasteiger partial charge in [-0.25, -0.2) is 22.3 Å². The number of hydrogen-bond acceptors (Lipinski definition) is 3. The Bertz CT molecular complexity index is 527. The molecule has 2 N–H and O–H groups in total. The molecule has 0 atom stereocenters. The second kappa shape index (κ2) is 5.62. The van der Waals surface area contributed by atoms with E-state index in [0.717, 1.165) is 0 Å². The van der Waals surface area contributed by atoms with E-state index in [-0.39, 0.29) is 6.10 Å². The van der Waals surface area contributed by atoms with E-state index in [0.29, 0.717) is 25.0 Å². The van der Waals surface area contributed by atoms with Gasteiger partial charge in [-0.3, -0.25) is 0 Å². The molecule has 0 saturated heterocycles. The summed E-state index contributed by atoms with van der Waals surface area (Å²) in [6, 6.07) is 1.21. The third kappa shape index (κ3) is 3.39. The molecule has 0 saturated carbocycles. The summed E-state index contributed by atoms with van der Waals surface area (Å²) in [5.41, 5.74) is 0. The number of sulfonamides is 1. The third-order valence-electron chi connectivity index (χ3n) is 2.48. The van der Waals surface area contributed by atoms with Gasteiger partial charge < -0.3 is 4.74 Å². The summed E-state index contributed by atoms with van der Waals surface area (Å²) in [7, 11) is -4.25. The summed E-state index contributed by atoms with van der Waals surface area (Å²) >= 11 is 0. The average Bonchev–Trinajstić information content (AvgIpc) is 2.26. The SMILES string of the molecule is CCC(CC)Oc1c(F)cc(F)cc1S(N)(=O)=O. The van der Waals surface area contributed by atoms with Crippen molar-refractivity contribution in [1.82, 2.24) is 0 Å². The smallest absolute Gasteiger partial charge is 0.241 e. The molecular weight excluding hydrogens is 264 g/mol. The van der Waals surface area contributed by atoms with E-state index < -0.39 is 32.3 Å². The molecular formula is C11H15F2NO3S. The number of primary sulfonamides is 1. The molecule has 0 unspecified atom stereocenters. The van der Waals surface area contributed by atoms with Gasteiger partial charge in [0.15, 0.2) is 11.6 Å². The molecule has 102 valence electrons. The highest BCUT2D eigenvalue weighted by atomic mass is 32.2. The fraction of sp³-hybridized carbons (Fsp3) is 0.455. The van der Waals surface area contributed by atoms with Crippen molar-refractivity contribution in [1.29, 1.82) is 0 Å². The molecule has 18 heavy (non-hydrogen) atoms. The van der Waals surface area contributed by atoms with Crippen LogP contribution in [0.3, 0.4) is 0 Å². The minimum Gasteiger partial charge on any atom is -0.486 e.